The van der Waals surface area contributed by atoms with E-state index in [0.29, 0.717) is 13.1 Å². The smallest absolute Gasteiger partial charge is 0.317 e. The van der Waals surface area contributed by atoms with Gasteiger partial charge in [0.1, 0.15) is 5.75 Å². The van der Waals surface area contributed by atoms with Crippen molar-refractivity contribution >= 4 is 22.8 Å². The molecule has 2 aromatic rings. The summed E-state index contributed by atoms with van der Waals surface area (Å²) in [5.41, 5.74) is 1.94. The average molecular weight is 358 g/mol. The van der Waals surface area contributed by atoms with Crippen LogP contribution in [0, 0.1) is 0 Å². The summed E-state index contributed by atoms with van der Waals surface area (Å²) in [4.78, 5) is 30.9. The summed E-state index contributed by atoms with van der Waals surface area (Å²) in [5, 5.41) is 4.00. The van der Waals surface area contributed by atoms with E-state index < -0.39 is 0 Å². The molecule has 1 aromatic carbocycles. The number of carbonyl (C=O) groups excluding carboxylic acids is 2. The van der Waals surface area contributed by atoms with E-state index in [-0.39, 0.29) is 18.0 Å². The van der Waals surface area contributed by atoms with Crippen LogP contribution in [0.4, 0.5) is 4.79 Å². The van der Waals surface area contributed by atoms with E-state index in [1.807, 2.05) is 29.2 Å². The second kappa shape index (κ2) is 7.68. The third kappa shape index (κ3) is 3.92. The van der Waals surface area contributed by atoms with E-state index in [9.17, 15) is 9.59 Å². The van der Waals surface area contributed by atoms with Gasteiger partial charge in [-0.2, -0.15) is 0 Å². The third-order valence-electron chi connectivity index (χ3n) is 5.02. The topological polar surface area (TPSA) is 77.7 Å². The molecular weight excluding hydrogens is 332 g/mol. The van der Waals surface area contributed by atoms with Gasteiger partial charge in [-0.15, -0.1) is 0 Å². The first-order valence-corrected chi connectivity index (χ1v) is 8.89. The van der Waals surface area contributed by atoms with Crippen LogP contribution in [-0.2, 0) is 11.3 Å². The van der Waals surface area contributed by atoms with Gasteiger partial charge in [0.2, 0.25) is 5.91 Å². The summed E-state index contributed by atoms with van der Waals surface area (Å²) in [6, 6.07) is 7.76. The molecule has 7 heteroatoms. The Labute approximate surface area is 153 Å². The fraction of sp³-hybridized carbons (Fsp3) is 0.474. The summed E-state index contributed by atoms with van der Waals surface area (Å²) < 4.78 is 5.24. The maximum atomic E-state index is 12.5. The summed E-state index contributed by atoms with van der Waals surface area (Å²) in [6.45, 7) is 3.38. The van der Waals surface area contributed by atoms with Crippen LogP contribution in [0.5, 0.6) is 5.75 Å². The lowest BCUT2D eigenvalue weighted by atomic mass is 10.0. The van der Waals surface area contributed by atoms with E-state index in [4.69, 9.17) is 4.74 Å². The highest BCUT2D eigenvalue weighted by molar-refractivity contribution is 5.82. The number of piperidine rings is 1. The minimum Gasteiger partial charge on any atom is -0.497 e. The Morgan fingerprint density at radius 3 is 2.92 bits per heavy atom. The average Bonchev–Trinajstić information content (AvgIpc) is 3.07. The van der Waals surface area contributed by atoms with Crippen LogP contribution in [0.3, 0.4) is 0 Å². The van der Waals surface area contributed by atoms with Crippen molar-refractivity contribution in [1.82, 2.24) is 20.1 Å². The number of methoxy groups -OCH3 is 1. The highest BCUT2D eigenvalue weighted by atomic mass is 16.5. The molecule has 2 N–H and O–H groups in total. The van der Waals surface area contributed by atoms with Gasteiger partial charge in [0, 0.05) is 43.7 Å². The van der Waals surface area contributed by atoms with Gasteiger partial charge in [0.25, 0.3) is 0 Å². The molecule has 26 heavy (non-hydrogen) atoms. The predicted octanol–water partition coefficient (Wildman–Crippen LogP) is 2.33. The number of urea groups is 1. The van der Waals surface area contributed by atoms with Crippen molar-refractivity contribution in [2.75, 3.05) is 27.2 Å². The first-order valence-electron chi connectivity index (χ1n) is 8.89. The van der Waals surface area contributed by atoms with Crippen molar-refractivity contribution in [3.05, 3.63) is 30.0 Å². The number of benzene rings is 1. The molecule has 3 amide bonds. The van der Waals surface area contributed by atoms with E-state index in [0.717, 1.165) is 41.7 Å². The van der Waals surface area contributed by atoms with Crippen molar-refractivity contribution in [2.45, 2.75) is 32.4 Å². The predicted molar refractivity (Wildman–Crippen MR) is 100 cm³/mol. The van der Waals surface area contributed by atoms with Crippen molar-refractivity contribution in [2.24, 2.45) is 0 Å². The molecule has 1 aromatic heterocycles. The number of H-pyrrole nitrogens is 1. The number of amides is 3. The molecule has 1 atom stereocenters. The molecule has 0 bridgehead atoms. The van der Waals surface area contributed by atoms with Gasteiger partial charge in [0.05, 0.1) is 19.7 Å². The molecule has 3 rings (SSSR count). The Morgan fingerprint density at radius 1 is 1.38 bits per heavy atom. The normalized spacial score (nSPS) is 17.2. The molecule has 0 unspecified atom stereocenters. The van der Waals surface area contributed by atoms with Gasteiger partial charge in [-0.1, -0.05) is 0 Å². The first-order chi connectivity index (χ1) is 12.5. The molecule has 0 spiro atoms. The van der Waals surface area contributed by atoms with E-state index in [1.54, 1.807) is 26.0 Å². The van der Waals surface area contributed by atoms with Crippen molar-refractivity contribution in [1.29, 1.82) is 0 Å². The molecule has 7 nitrogen and oxygen atoms in total. The fourth-order valence-corrected chi connectivity index (χ4v) is 3.41. The zero-order valence-corrected chi connectivity index (χ0v) is 15.5. The number of aromatic amines is 1. The Bertz CT molecular complexity index is 801. The Morgan fingerprint density at radius 2 is 2.19 bits per heavy atom. The molecule has 1 saturated heterocycles. The zero-order chi connectivity index (χ0) is 18.7. The standard InChI is InChI=1S/C19H26N4O3/c1-13(24)23-8-4-5-16(12-23)22(2)19(25)20-11-15-9-14-10-17(26-3)6-7-18(14)21-15/h6-7,9-10,16,21H,4-5,8,11-12H2,1-3H3,(H,20,25)/t16-/m1/s1. The van der Waals surface area contributed by atoms with Crippen LogP contribution in [-0.4, -0.2) is 60.0 Å². The minimum atomic E-state index is -0.128. The maximum Gasteiger partial charge on any atom is 0.317 e. The second-order valence-electron chi connectivity index (χ2n) is 6.78. The molecule has 2 heterocycles. The fourth-order valence-electron chi connectivity index (χ4n) is 3.41. The number of likely N-dealkylation sites (tertiary alicyclic amines) is 1. The number of carbonyl (C=O) groups is 2. The van der Waals surface area contributed by atoms with Gasteiger partial charge in [-0.05, 0) is 37.1 Å². The molecule has 1 aliphatic rings. The second-order valence-corrected chi connectivity index (χ2v) is 6.78. The lowest BCUT2D eigenvalue weighted by Crippen LogP contribution is -2.52. The van der Waals surface area contributed by atoms with Crippen molar-refractivity contribution in [3.63, 3.8) is 0 Å². The molecular formula is C19H26N4O3. The van der Waals surface area contributed by atoms with E-state index in [1.165, 1.54) is 0 Å². The number of aromatic nitrogens is 1. The lowest BCUT2D eigenvalue weighted by Gasteiger charge is -2.37. The van der Waals surface area contributed by atoms with Gasteiger partial charge >= 0.3 is 6.03 Å². The van der Waals surface area contributed by atoms with Crippen LogP contribution < -0.4 is 10.1 Å². The van der Waals surface area contributed by atoms with Gasteiger partial charge < -0.3 is 24.8 Å². The number of fused-ring (bicyclic) bond motifs is 1. The minimum absolute atomic E-state index is 0.0552. The van der Waals surface area contributed by atoms with Gasteiger partial charge in [-0.25, -0.2) is 4.79 Å². The number of ether oxygens (including phenoxy) is 1. The molecule has 0 radical (unpaired) electrons. The van der Waals surface area contributed by atoms with Crippen LogP contribution in [0.15, 0.2) is 24.3 Å². The summed E-state index contributed by atoms with van der Waals surface area (Å²) in [7, 11) is 3.43. The van der Waals surface area contributed by atoms with Gasteiger partial charge in [-0.3, -0.25) is 4.79 Å². The number of rotatable bonds is 4. The molecule has 1 fully saturated rings. The van der Waals surface area contributed by atoms with Crippen LogP contribution >= 0.6 is 0 Å². The number of hydrogen-bond acceptors (Lipinski definition) is 3. The summed E-state index contributed by atoms with van der Waals surface area (Å²) in [5.74, 6) is 0.871. The molecule has 0 saturated carbocycles. The number of hydrogen-bond donors (Lipinski definition) is 2. The number of likely N-dealkylation sites (N-methyl/N-ethyl adjacent to an activating group) is 1. The lowest BCUT2D eigenvalue weighted by molar-refractivity contribution is -0.130. The summed E-state index contributed by atoms with van der Waals surface area (Å²) >= 11 is 0. The highest BCUT2D eigenvalue weighted by Crippen LogP contribution is 2.21. The highest BCUT2D eigenvalue weighted by Gasteiger charge is 2.27. The largest absolute Gasteiger partial charge is 0.497 e. The maximum absolute atomic E-state index is 12.5. The van der Waals surface area contributed by atoms with Gasteiger partial charge in [0.15, 0.2) is 0 Å². The number of nitrogens with one attached hydrogen (secondary N) is 2. The molecule has 0 aliphatic carbocycles. The quantitative estimate of drug-likeness (QED) is 0.881. The van der Waals surface area contributed by atoms with E-state index in [2.05, 4.69) is 10.3 Å². The van der Waals surface area contributed by atoms with Crippen LogP contribution in [0.2, 0.25) is 0 Å². The summed E-state index contributed by atoms with van der Waals surface area (Å²) in [6.07, 6.45) is 1.84. The Hall–Kier alpha value is -2.70. The SMILES string of the molecule is COc1ccc2[nH]c(CNC(=O)N(C)[C@@H]3CCCN(C(C)=O)C3)cc2c1. The Kier molecular flexibility index (Phi) is 5.35. The third-order valence-corrected chi connectivity index (χ3v) is 5.02. The van der Waals surface area contributed by atoms with Crippen molar-refractivity contribution < 1.29 is 14.3 Å². The van der Waals surface area contributed by atoms with Crippen LogP contribution in [0.1, 0.15) is 25.5 Å². The van der Waals surface area contributed by atoms with E-state index >= 15 is 0 Å². The first kappa shape index (κ1) is 18.1. The zero-order valence-electron chi connectivity index (χ0n) is 15.5. The van der Waals surface area contributed by atoms with Crippen molar-refractivity contribution in [3.8, 4) is 5.75 Å². The monoisotopic (exact) mass is 358 g/mol. The van der Waals surface area contributed by atoms with Crippen LogP contribution in [0.25, 0.3) is 10.9 Å². The molecule has 140 valence electrons. The Balaban J connectivity index is 1.58. The molecule has 1 aliphatic heterocycles. The number of nitrogens with zero attached hydrogens (tertiary/aromatic N) is 2.